The molecule has 2 aromatic heterocycles. The van der Waals surface area contributed by atoms with Gasteiger partial charge in [0.2, 0.25) is 0 Å². The lowest BCUT2D eigenvalue weighted by Crippen LogP contribution is -2.02. The van der Waals surface area contributed by atoms with Gasteiger partial charge in [0.15, 0.2) is 0 Å². The molecule has 1 aromatic carbocycles. The first-order chi connectivity index (χ1) is 10.2. The van der Waals surface area contributed by atoms with E-state index in [2.05, 4.69) is 42.3 Å². The van der Waals surface area contributed by atoms with Crippen molar-refractivity contribution < 1.29 is 4.39 Å². The minimum Gasteiger partial charge on any atom is -0.382 e. The van der Waals surface area contributed by atoms with Crippen molar-refractivity contribution in [2.45, 2.75) is 13.8 Å². The highest BCUT2D eigenvalue weighted by molar-refractivity contribution is 5.66. The summed E-state index contributed by atoms with van der Waals surface area (Å²) in [6.45, 7) is 4.15. The first-order valence-corrected chi connectivity index (χ1v) is 7.03. The maximum absolute atomic E-state index is 12.2. The second-order valence-corrected chi connectivity index (χ2v) is 5.22. The van der Waals surface area contributed by atoms with Gasteiger partial charge in [0.05, 0.1) is 5.69 Å². The second-order valence-electron chi connectivity index (χ2n) is 5.22. The van der Waals surface area contributed by atoms with Gasteiger partial charge in [0.25, 0.3) is 0 Å². The molecule has 0 aliphatic carbocycles. The lowest BCUT2D eigenvalue weighted by molar-refractivity contribution is 0.513. The molecule has 2 heterocycles. The molecule has 3 nitrogen and oxygen atoms in total. The van der Waals surface area contributed by atoms with E-state index < -0.39 is 0 Å². The zero-order chi connectivity index (χ0) is 14.8. The minimum absolute atomic E-state index is 0.320. The van der Waals surface area contributed by atoms with Crippen LogP contribution in [0, 0.1) is 13.8 Å². The highest BCUT2D eigenvalue weighted by Gasteiger charge is 2.06. The van der Waals surface area contributed by atoms with Crippen LogP contribution in [-0.2, 0) is 0 Å². The summed E-state index contributed by atoms with van der Waals surface area (Å²) in [6, 6.07) is 10.2. The largest absolute Gasteiger partial charge is 0.382 e. The number of nitrogens with one attached hydrogen (secondary N) is 1. The molecule has 0 unspecified atom stereocenters. The lowest BCUT2D eigenvalue weighted by atomic mass is 10.1. The number of benzene rings is 1. The highest BCUT2D eigenvalue weighted by Crippen LogP contribution is 2.23. The van der Waals surface area contributed by atoms with Crippen LogP contribution in [0.3, 0.4) is 0 Å². The van der Waals surface area contributed by atoms with Gasteiger partial charge in [0, 0.05) is 36.3 Å². The number of pyridine rings is 1. The van der Waals surface area contributed by atoms with Crippen LogP contribution in [0.5, 0.6) is 0 Å². The Morgan fingerprint density at radius 3 is 2.76 bits per heavy atom. The SMILES string of the molecule is Cc1ccc(-c2cn3ccc(NCCF)cc3n2)cc1C. The molecule has 0 aliphatic heterocycles. The van der Waals surface area contributed by atoms with Gasteiger partial charge < -0.3 is 9.72 Å². The fourth-order valence-corrected chi connectivity index (χ4v) is 2.32. The van der Waals surface area contributed by atoms with Gasteiger partial charge in [-0.25, -0.2) is 9.37 Å². The van der Waals surface area contributed by atoms with E-state index in [0.29, 0.717) is 6.54 Å². The Morgan fingerprint density at radius 1 is 1.14 bits per heavy atom. The number of fused-ring (bicyclic) bond motifs is 1. The number of anilines is 1. The maximum atomic E-state index is 12.2. The molecule has 3 rings (SSSR count). The third-order valence-electron chi connectivity index (χ3n) is 3.69. The maximum Gasteiger partial charge on any atom is 0.139 e. The predicted molar refractivity (Wildman–Crippen MR) is 84.6 cm³/mol. The van der Waals surface area contributed by atoms with Crippen molar-refractivity contribution in [2.75, 3.05) is 18.5 Å². The van der Waals surface area contributed by atoms with Crippen molar-refractivity contribution >= 4 is 11.3 Å². The van der Waals surface area contributed by atoms with Crippen molar-refractivity contribution in [3.8, 4) is 11.3 Å². The lowest BCUT2D eigenvalue weighted by Gasteiger charge is -2.03. The predicted octanol–water partition coefficient (Wildman–Crippen LogP) is 4.00. The summed E-state index contributed by atoms with van der Waals surface area (Å²) < 4.78 is 14.2. The van der Waals surface area contributed by atoms with Crippen LogP contribution in [-0.4, -0.2) is 22.6 Å². The molecular formula is C17H18FN3. The van der Waals surface area contributed by atoms with E-state index in [1.54, 1.807) is 0 Å². The summed E-state index contributed by atoms with van der Waals surface area (Å²) in [6.07, 6.45) is 3.95. The third-order valence-corrected chi connectivity index (χ3v) is 3.69. The molecule has 0 saturated heterocycles. The van der Waals surface area contributed by atoms with E-state index in [1.165, 1.54) is 11.1 Å². The zero-order valence-corrected chi connectivity index (χ0v) is 12.2. The summed E-state index contributed by atoms with van der Waals surface area (Å²) in [5.41, 5.74) is 6.33. The van der Waals surface area contributed by atoms with E-state index in [9.17, 15) is 4.39 Å². The number of aryl methyl sites for hydroxylation is 2. The van der Waals surface area contributed by atoms with Gasteiger partial charge in [-0.1, -0.05) is 12.1 Å². The number of hydrogen-bond acceptors (Lipinski definition) is 2. The van der Waals surface area contributed by atoms with Crippen LogP contribution < -0.4 is 5.32 Å². The van der Waals surface area contributed by atoms with Gasteiger partial charge in [-0.3, -0.25) is 0 Å². The average Bonchev–Trinajstić information content (AvgIpc) is 2.91. The molecule has 108 valence electrons. The minimum atomic E-state index is -0.381. The smallest absolute Gasteiger partial charge is 0.139 e. The van der Waals surface area contributed by atoms with E-state index in [0.717, 1.165) is 22.6 Å². The molecule has 0 spiro atoms. The van der Waals surface area contributed by atoms with Crippen LogP contribution in [0.1, 0.15) is 11.1 Å². The molecule has 21 heavy (non-hydrogen) atoms. The molecule has 0 atom stereocenters. The number of hydrogen-bond donors (Lipinski definition) is 1. The molecule has 0 bridgehead atoms. The average molecular weight is 283 g/mol. The fourth-order valence-electron chi connectivity index (χ4n) is 2.32. The van der Waals surface area contributed by atoms with Gasteiger partial charge in [-0.2, -0.15) is 0 Å². The Hall–Kier alpha value is -2.36. The monoisotopic (exact) mass is 283 g/mol. The number of imidazole rings is 1. The first-order valence-electron chi connectivity index (χ1n) is 7.03. The molecule has 0 radical (unpaired) electrons. The second kappa shape index (κ2) is 5.56. The molecule has 4 heteroatoms. The quantitative estimate of drug-likeness (QED) is 0.784. The van der Waals surface area contributed by atoms with Crippen molar-refractivity contribution in [2.24, 2.45) is 0 Å². The van der Waals surface area contributed by atoms with Crippen LogP contribution in [0.4, 0.5) is 10.1 Å². The Bertz CT molecular complexity index is 777. The highest BCUT2D eigenvalue weighted by atomic mass is 19.1. The molecule has 0 saturated carbocycles. The summed E-state index contributed by atoms with van der Waals surface area (Å²) in [5, 5.41) is 3.02. The van der Waals surface area contributed by atoms with Crippen LogP contribution in [0.2, 0.25) is 0 Å². The Kier molecular flexibility index (Phi) is 3.60. The van der Waals surface area contributed by atoms with Crippen molar-refractivity contribution in [1.29, 1.82) is 0 Å². The van der Waals surface area contributed by atoms with E-state index in [-0.39, 0.29) is 6.67 Å². The number of halogens is 1. The van der Waals surface area contributed by atoms with E-state index >= 15 is 0 Å². The third kappa shape index (κ3) is 2.75. The summed E-state index contributed by atoms with van der Waals surface area (Å²) in [7, 11) is 0. The Morgan fingerprint density at radius 2 is 2.00 bits per heavy atom. The van der Waals surface area contributed by atoms with Gasteiger partial charge in [-0.05, 0) is 37.1 Å². The number of alkyl halides is 1. The number of aromatic nitrogens is 2. The first kappa shape index (κ1) is 13.6. The molecule has 1 N–H and O–H groups in total. The van der Waals surface area contributed by atoms with Crippen LogP contribution in [0.15, 0.2) is 42.7 Å². The van der Waals surface area contributed by atoms with Gasteiger partial charge in [0.1, 0.15) is 12.3 Å². The standard InChI is InChI=1S/C17H18FN3/c1-12-3-4-14(9-13(12)2)16-11-21-8-5-15(19-7-6-18)10-17(21)20-16/h3-5,8-11,19H,6-7H2,1-2H3. The van der Waals surface area contributed by atoms with E-state index in [4.69, 9.17) is 0 Å². The normalized spacial score (nSPS) is 11.0. The van der Waals surface area contributed by atoms with Crippen molar-refractivity contribution in [3.05, 3.63) is 53.9 Å². The molecule has 3 aromatic rings. The van der Waals surface area contributed by atoms with Crippen molar-refractivity contribution in [1.82, 2.24) is 9.38 Å². The van der Waals surface area contributed by atoms with Gasteiger partial charge in [-0.15, -0.1) is 0 Å². The zero-order valence-electron chi connectivity index (χ0n) is 12.2. The van der Waals surface area contributed by atoms with Crippen molar-refractivity contribution in [3.63, 3.8) is 0 Å². The Balaban J connectivity index is 1.98. The molecule has 0 amide bonds. The number of nitrogens with zero attached hydrogens (tertiary/aromatic N) is 2. The topological polar surface area (TPSA) is 29.3 Å². The molecule has 0 aliphatic rings. The van der Waals surface area contributed by atoms with E-state index in [1.807, 2.05) is 28.9 Å². The van der Waals surface area contributed by atoms with Crippen LogP contribution >= 0.6 is 0 Å². The summed E-state index contributed by atoms with van der Waals surface area (Å²) in [4.78, 5) is 4.65. The summed E-state index contributed by atoms with van der Waals surface area (Å²) in [5.74, 6) is 0. The molecule has 0 fully saturated rings. The van der Waals surface area contributed by atoms with Crippen LogP contribution in [0.25, 0.3) is 16.9 Å². The van der Waals surface area contributed by atoms with Gasteiger partial charge >= 0.3 is 0 Å². The number of rotatable bonds is 4. The summed E-state index contributed by atoms with van der Waals surface area (Å²) >= 11 is 0. The molecular weight excluding hydrogens is 265 g/mol. The fraction of sp³-hybridized carbons (Fsp3) is 0.235. The Labute approximate surface area is 123 Å².